The van der Waals surface area contributed by atoms with Gasteiger partial charge in [0.1, 0.15) is 17.5 Å². The summed E-state index contributed by atoms with van der Waals surface area (Å²) >= 11 is 0. The first kappa shape index (κ1) is 18.0. The summed E-state index contributed by atoms with van der Waals surface area (Å²) in [6.45, 7) is 2.85. The molecule has 6 rings (SSSR count). The average Bonchev–Trinajstić information content (AvgIpc) is 3.50. The summed E-state index contributed by atoms with van der Waals surface area (Å²) in [7, 11) is 0. The maximum absolute atomic E-state index is 9.18. The number of aromatic amines is 1. The van der Waals surface area contributed by atoms with Gasteiger partial charge in [-0.3, -0.25) is 4.98 Å². The quantitative estimate of drug-likeness (QED) is 0.550. The third-order valence-corrected chi connectivity index (χ3v) is 6.38. The van der Waals surface area contributed by atoms with Gasteiger partial charge in [-0.2, -0.15) is 5.26 Å². The summed E-state index contributed by atoms with van der Waals surface area (Å²) in [5, 5.41) is 9.18. The number of pyridine rings is 1. The molecule has 2 aliphatic rings. The van der Waals surface area contributed by atoms with Crippen LogP contribution in [0.3, 0.4) is 0 Å². The zero-order chi connectivity index (χ0) is 21.0. The van der Waals surface area contributed by atoms with Gasteiger partial charge in [0.15, 0.2) is 0 Å². The Labute approximate surface area is 179 Å². The van der Waals surface area contributed by atoms with Gasteiger partial charge < -0.3 is 9.88 Å². The summed E-state index contributed by atoms with van der Waals surface area (Å²) in [6.07, 6.45) is 5.87. The van der Waals surface area contributed by atoms with Crippen LogP contribution in [0.4, 0.5) is 11.5 Å². The summed E-state index contributed by atoms with van der Waals surface area (Å²) in [5.74, 6) is 2.65. The minimum Gasteiger partial charge on any atom is -0.341 e. The molecule has 31 heavy (non-hydrogen) atoms. The Morgan fingerprint density at radius 2 is 2.00 bits per heavy atom. The third kappa shape index (κ3) is 2.87. The van der Waals surface area contributed by atoms with Crippen LogP contribution < -0.4 is 4.90 Å². The van der Waals surface area contributed by atoms with E-state index >= 15 is 0 Å². The van der Waals surface area contributed by atoms with Crippen molar-refractivity contribution in [1.29, 1.82) is 5.26 Å². The van der Waals surface area contributed by atoms with E-state index in [-0.39, 0.29) is 5.41 Å². The molecule has 3 aromatic heterocycles. The van der Waals surface area contributed by atoms with Gasteiger partial charge in [-0.05, 0) is 69.0 Å². The average molecular weight is 407 g/mol. The number of nitrogens with zero attached hydrogens (tertiary/aromatic N) is 6. The van der Waals surface area contributed by atoms with Crippen LogP contribution in [0.2, 0.25) is 0 Å². The van der Waals surface area contributed by atoms with E-state index in [2.05, 4.69) is 38.1 Å². The maximum Gasteiger partial charge on any atom is 0.136 e. The number of imidazole rings is 1. The van der Waals surface area contributed by atoms with E-state index in [1.807, 2.05) is 37.4 Å². The molecule has 0 radical (unpaired) electrons. The molecular weight excluding hydrogens is 386 g/mol. The van der Waals surface area contributed by atoms with E-state index in [1.54, 1.807) is 0 Å². The normalized spacial score (nSPS) is 16.7. The van der Waals surface area contributed by atoms with Gasteiger partial charge in [-0.15, -0.1) is 0 Å². The number of H-pyrrole nitrogens is 1. The zero-order valence-corrected chi connectivity index (χ0v) is 17.3. The van der Waals surface area contributed by atoms with Crippen LogP contribution in [0.25, 0.3) is 11.0 Å². The summed E-state index contributed by atoms with van der Waals surface area (Å²) < 4.78 is 0. The Hall–Kier alpha value is -3.79. The molecule has 0 spiro atoms. The monoisotopic (exact) mass is 407 g/mol. The number of nitrogens with one attached hydrogen (secondary N) is 1. The van der Waals surface area contributed by atoms with Crippen LogP contribution in [0, 0.1) is 18.3 Å². The number of rotatable bonds is 3. The highest BCUT2D eigenvalue weighted by Gasteiger charge is 2.50. The van der Waals surface area contributed by atoms with E-state index in [0.717, 1.165) is 77.8 Å². The van der Waals surface area contributed by atoms with Gasteiger partial charge in [0.05, 0.1) is 45.2 Å². The van der Waals surface area contributed by atoms with Crippen molar-refractivity contribution < 1.29 is 0 Å². The Morgan fingerprint density at radius 3 is 2.81 bits per heavy atom. The van der Waals surface area contributed by atoms with Crippen molar-refractivity contribution in [2.75, 3.05) is 11.4 Å². The van der Waals surface area contributed by atoms with E-state index in [9.17, 15) is 5.26 Å². The second kappa shape index (κ2) is 6.61. The van der Waals surface area contributed by atoms with Gasteiger partial charge >= 0.3 is 0 Å². The first-order valence-electron chi connectivity index (χ1n) is 10.6. The van der Waals surface area contributed by atoms with Crippen molar-refractivity contribution in [2.45, 2.75) is 38.0 Å². The van der Waals surface area contributed by atoms with Crippen molar-refractivity contribution in [3.05, 3.63) is 71.2 Å². The Bertz CT molecular complexity index is 1360. The predicted octanol–water partition coefficient (Wildman–Crippen LogP) is 4.09. The number of aryl methyl sites for hydroxylation is 2. The lowest BCUT2D eigenvalue weighted by Gasteiger charge is -2.30. The Balaban J connectivity index is 1.39. The van der Waals surface area contributed by atoms with Crippen molar-refractivity contribution in [2.24, 2.45) is 0 Å². The molecule has 152 valence electrons. The molecule has 1 saturated carbocycles. The number of hydrogen-bond donors (Lipinski definition) is 1. The third-order valence-electron chi connectivity index (χ3n) is 6.38. The Morgan fingerprint density at radius 1 is 1.10 bits per heavy atom. The second-order valence-electron chi connectivity index (χ2n) is 8.39. The molecule has 7 nitrogen and oxygen atoms in total. The van der Waals surface area contributed by atoms with Crippen molar-refractivity contribution in [3.63, 3.8) is 0 Å². The first-order chi connectivity index (χ1) is 15.2. The summed E-state index contributed by atoms with van der Waals surface area (Å²) in [4.78, 5) is 24.5. The fourth-order valence-corrected chi connectivity index (χ4v) is 4.59. The van der Waals surface area contributed by atoms with E-state index < -0.39 is 0 Å². The lowest BCUT2D eigenvalue weighted by Crippen LogP contribution is -2.27. The van der Waals surface area contributed by atoms with Crippen LogP contribution in [0.15, 0.2) is 42.6 Å². The van der Waals surface area contributed by atoms with Crippen LogP contribution in [-0.4, -0.2) is 31.5 Å². The highest BCUT2D eigenvalue weighted by atomic mass is 15.2. The number of benzene rings is 1. The lowest BCUT2D eigenvalue weighted by molar-refractivity contribution is 0.699. The van der Waals surface area contributed by atoms with Gasteiger partial charge in [0.25, 0.3) is 0 Å². The number of hydrogen-bond acceptors (Lipinski definition) is 6. The minimum absolute atomic E-state index is 0.158. The maximum atomic E-state index is 9.18. The van der Waals surface area contributed by atoms with Gasteiger partial charge in [0, 0.05) is 12.7 Å². The molecular formula is C24H21N7. The van der Waals surface area contributed by atoms with Crippen LogP contribution in [0.5, 0.6) is 0 Å². The topological polar surface area (TPSA) is 94.4 Å². The standard InChI is InChI=1S/C24H21N7/c1-15-26-11-8-22(27-15)31-12-2-3-18-20(31)6-7-21(28-18)24(9-10-24)23-29-17-5-4-16(14-25)13-19(17)30-23/h4-8,11,13H,2-3,9-10,12H2,1H3,(H,29,30). The largest absolute Gasteiger partial charge is 0.341 e. The van der Waals surface area contributed by atoms with Crippen molar-refractivity contribution in [3.8, 4) is 6.07 Å². The highest BCUT2D eigenvalue weighted by molar-refractivity contribution is 5.77. The molecule has 4 aromatic rings. The van der Waals surface area contributed by atoms with Gasteiger partial charge in [-0.25, -0.2) is 15.0 Å². The molecule has 1 N–H and O–H groups in total. The molecule has 4 heterocycles. The van der Waals surface area contributed by atoms with E-state index in [1.165, 1.54) is 0 Å². The summed E-state index contributed by atoms with van der Waals surface area (Å²) in [5.41, 5.74) is 5.61. The molecule has 0 bridgehead atoms. The molecule has 1 aliphatic carbocycles. The number of anilines is 2. The van der Waals surface area contributed by atoms with Crippen LogP contribution >= 0.6 is 0 Å². The zero-order valence-electron chi connectivity index (χ0n) is 17.3. The van der Waals surface area contributed by atoms with Crippen molar-refractivity contribution >= 4 is 22.5 Å². The minimum atomic E-state index is -0.158. The van der Waals surface area contributed by atoms with Gasteiger partial charge in [0.2, 0.25) is 0 Å². The molecule has 7 heteroatoms. The van der Waals surface area contributed by atoms with E-state index in [0.29, 0.717) is 5.56 Å². The van der Waals surface area contributed by atoms with Crippen LogP contribution in [-0.2, 0) is 11.8 Å². The fourth-order valence-electron chi connectivity index (χ4n) is 4.59. The van der Waals surface area contributed by atoms with Crippen molar-refractivity contribution in [1.82, 2.24) is 24.9 Å². The predicted molar refractivity (Wildman–Crippen MR) is 117 cm³/mol. The molecule has 0 saturated heterocycles. The number of fused-ring (bicyclic) bond motifs is 2. The number of aromatic nitrogens is 5. The molecule has 1 fully saturated rings. The van der Waals surface area contributed by atoms with Crippen LogP contribution in [0.1, 0.15) is 47.9 Å². The highest BCUT2D eigenvalue weighted by Crippen LogP contribution is 2.52. The molecule has 1 aromatic carbocycles. The second-order valence-corrected chi connectivity index (χ2v) is 8.39. The Kier molecular flexibility index (Phi) is 3.84. The SMILES string of the molecule is Cc1nccc(N2CCCc3nc(C4(c5nc6ccc(C#N)cc6[nH]5)CC4)ccc32)n1. The van der Waals surface area contributed by atoms with Gasteiger partial charge in [-0.1, -0.05) is 0 Å². The first-order valence-corrected chi connectivity index (χ1v) is 10.6. The fraction of sp³-hybridized carbons (Fsp3) is 0.292. The number of nitriles is 1. The van der Waals surface area contributed by atoms with E-state index in [4.69, 9.17) is 9.97 Å². The molecule has 0 atom stereocenters. The summed E-state index contributed by atoms with van der Waals surface area (Å²) in [6, 6.07) is 14.1. The molecule has 0 amide bonds. The smallest absolute Gasteiger partial charge is 0.136 e. The molecule has 1 aliphatic heterocycles. The lowest BCUT2D eigenvalue weighted by atomic mass is 9.98. The molecule has 0 unspecified atom stereocenters.